The van der Waals surface area contributed by atoms with Crippen LogP contribution in [0.4, 0.5) is 5.82 Å². The summed E-state index contributed by atoms with van der Waals surface area (Å²) in [7, 11) is 0. The standard InChI is InChI=1S/C24H27ClN6S/c1-2-18-21(25)20-22(28-18)29-24(30-23(20)31-11-8-15(7-10-26)9-12-31)32-17-13-16-5-3-4-6-19(16)27-14-17/h3-6,13-15H,2,7-12,26H2,1H3,(H,28,29,30). The highest BCUT2D eigenvalue weighted by molar-refractivity contribution is 7.99. The van der Waals surface area contributed by atoms with Crippen LogP contribution >= 0.6 is 23.4 Å². The molecule has 4 aromatic rings. The van der Waals surface area contributed by atoms with Gasteiger partial charge in [-0.15, -0.1) is 0 Å². The Balaban J connectivity index is 1.52. The largest absolute Gasteiger partial charge is 0.356 e. The van der Waals surface area contributed by atoms with Gasteiger partial charge < -0.3 is 15.6 Å². The number of aromatic nitrogens is 4. The molecule has 3 aromatic heterocycles. The second kappa shape index (κ2) is 9.25. The van der Waals surface area contributed by atoms with Crippen molar-refractivity contribution in [2.45, 2.75) is 42.7 Å². The summed E-state index contributed by atoms with van der Waals surface area (Å²) in [5.41, 5.74) is 8.57. The molecule has 0 spiro atoms. The van der Waals surface area contributed by atoms with Crippen LogP contribution in [0.15, 0.2) is 46.6 Å². The number of pyridine rings is 1. The van der Waals surface area contributed by atoms with Gasteiger partial charge in [0.1, 0.15) is 11.5 Å². The Bertz CT molecular complexity index is 1250. The molecule has 0 atom stereocenters. The number of benzene rings is 1. The molecule has 0 radical (unpaired) electrons. The van der Waals surface area contributed by atoms with Gasteiger partial charge in [-0.1, -0.05) is 36.7 Å². The normalized spacial score (nSPS) is 15.2. The van der Waals surface area contributed by atoms with Crippen molar-refractivity contribution in [1.82, 2.24) is 19.9 Å². The van der Waals surface area contributed by atoms with E-state index >= 15 is 0 Å². The predicted molar refractivity (Wildman–Crippen MR) is 133 cm³/mol. The minimum absolute atomic E-state index is 0.694. The van der Waals surface area contributed by atoms with E-state index in [-0.39, 0.29) is 0 Å². The van der Waals surface area contributed by atoms with Crippen LogP contribution in [-0.2, 0) is 6.42 Å². The lowest BCUT2D eigenvalue weighted by atomic mass is 9.93. The van der Waals surface area contributed by atoms with E-state index in [4.69, 9.17) is 27.3 Å². The van der Waals surface area contributed by atoms with Crippen molar-refractivity contribution in [3.05, 3.63) is 47.2 Å². The van der Waals surface area contributed by atoms with E-state index in [0.717, 1.165) is 88.7 Å². The smallest absolute Gasteiger partial charge is 0.196 e. The number of para-hydroxylation sites is 1. The van der Waals surface area contributed by atoms with Crippen LogP contribution in [0.2, 0.25) is 5.02 Å². The molecule has 4 heterocycles. The summed E-state index contributed by atoms with van der Waals surface area (Å²) in [5.74, 6) is 1.62. The van der Waals surface area contributed by atoms with E-state index in [1.165, 1.54) is 11.8 Å². The van der Waals surface area contributed by atoms with Crippen molar-refractivity contribution in [3.8, 4) is 0 Å². The van der Waals surface area contributed by atoms with Gasteiger partial charge in [-0.25, -0.2) is 9.97 Å². The number of aryl methyl sites for hydroxylation is 1. The van der Waals surface area contributed by atoms with Gasteiger partial charge in [0.15, 0.2) is 5.16 Å². The Labute approximate surface area is 197 Å². The number of aromatic amines is 1. The maximum Gasteiger partial charge on any atom is 0.196 e. The van der Waals surface area contributed by atoms with Gasteiger partial charge >= 0.3 is 0 Å². The Morgan fingerprint density at radius 3 is 2.81 bits per heavy atom. The van der Waals surface area contributed by atoms with Crippen LogP contribution in [0.3, 0.4) is 0 Å². The molecule has 5 rings (SSSR count). The molecule has 0 bridgehead atoms. The van der Waals surface area contributed by atoms with Crippen molar-refractivity contribution < 1.29 is 0 Å². The van der Waals surface area contributed by atoms with Crippen molar-refractivity contribution in [1.29, 1.82) is 0 Å². The number of hydrogen-bond acceptors (Lipinski definition) is 6. The van der Waals surface area contributed by atoms with Crippen molar-refractivity contribution in [3.63, 3.8) is 0 Å². The highest BCUT2D eigenvalue weighted by Gasteiger charge is 2.25. The molecule has 1 aliphatic heterocycles. The number of nitrogens with one attached hydrogen (secondary N) is 1. The molecule has 6 nitrogen and oxygen atoms in total. The minimum Gasteiger partial charge on any atom is -0.356 e. The molecule has 1 saturated heterocycles. The number of rotatable bonds is 6. The highest BCUT2D eigenvalue weighted by atomic mass is 35.5. The minimum atomic E-state index is 0.694. The Morgan fingerprint density at radius 1 is 1.22 bits per heavy atom. The lowest BCUT2D eigenvalue weighted by Gasteiger charge is -2.33. The highest BCUT2D eigenvalue weighted by Crippen LogP contribution is 2.38. The molecule has 0 amide bonds. The summed E-state index contributed by atoms with van der Waals surface area (Å²) in [4.78, 5) is 21.2. The van der Waals surface area contributed by atoms with Gasteiger partial charge in [0.05, 0.1) is 15.9 Å². The fourth-order valence-electron chi connectivity index (χ4n) is 4.47. The molecule has 0 aliphatic carbocycles. The quantitative estimate of drug-likeness (QED) is 0.368. The Kier molecular flexibility index (Phi) is 6.22. The van der Waals surface area contributed by atoms with E-state index < -0.39 is 0 Å². The maximum atomic E-state index is 6.77. The zero-order valence-electron chi connectivity index (χ0n) is 18.1. The topological polar surface area (TPSA) is 83.7 Å². The van der Waals surface area contributed by atoms with E-state index in [2.05, 4.69) is 33.9 Å². The first kappa shape index (κ1) is 21.5. The summed E-state index contributed by atoms with van der Waals surface area (Å²) in [6.45, 7) is 4.77. The van der Waals surface area contributed by atoms with Gasteiger partial charge in [0, 0.05) is 35.3 Å². The van der Waals surface area contributed by atoms with E-state index in [0.29, 0.717) is 11.1 Å². The second-order valence-electron chi connectivity index (χ2n) is 8.30. The van der Waals surface area contributed by atoms with Crippen LogP contribution in [-0.4, -0.2) is 39.6 Å². The monoisotopic (exact) mass is 466 g/mol. The third-order valence-electron chi connectivity index (χ3n) is 6.24. The molecule has 32 heavy (non-hydrogen) atoms. The van der Waals surface area contributed by atoms with Crippen LogP contribution in [0, 0.1) is 5.92 Å². The fourth-order valence-corrected chi connectivity index (χ4v) is 5.60. The zero-order chi connectivity index (χ0) is 22.1. The van der Waals surface area contributed by atoms with Crippen LogP contribution < -0.4 is 10.6 Å². The zero-order valence-corrected chi connectivity index (χ0v) is 19.7. The molecular weight excluding hydrogens is 440 g/mol. The lowest BCUT2D eigenvalue weighted by molar-refractivity contribution is 0.385. The van der Waals surface area contributed by atoms with Gasteiger partial charge in [0.2, 0.25) is 0 Å². The number of halogens is 1. The number of fused-ring (bicyclic) bond motifs is 2. The number of piperidine rings is 1. The summed E-state index contributed by atoms with van der Waals surface area (Å²) < 4.78 is 0. The average Bonchev–Trinajstić information content (AvgIpc) is 3.14. The van der Waals surface area contributed by atoms with Gasteiger partial charge in [0.25, 0.3) is 0 Å². The average molecular weight is 467 g/mol. The summed E-state index contributed by atoms with van der Waals surface area (Å²) in [5, 5.41) is 3.48. The third kappa shape index (κ3) is 4.17. The number of nitrogens with zero attached hydrogens (tertiary/aromatic N) is 4. The molecule has 166 valence electrons. The maximum absolute atomic E-state index is 6.77. The van der Waals surface area contributed by atoms with E-state index in [1.807, 2.05) is 24.4 Å². The van der Waals surface area contributed by atoms with Gasteiger partial charge in [-0.2, -0.15) is 0 Å². The van der Waals surface area contributed by atoms with Gasteiger partial charge in [-0.05, 0) is 62.0 Å². The summed E-state index contributed by atoms with van der Waals surface area (Å²) in [6.07, 6.45) is 6.06. The molecule has 1 aromatic carbocycles. The summed E-state index contributed by atoms with van der Waals surface area (Å²) >= 11 is 8.30. The molecule has 1 fully saturated rings. The SMILES string of the molecule is CCc1[nH]c2nc(Sc3cnc4ccccc4c3)nc(N3CCC(CCN)CC3)c2c1Cl. The molecule has 0 unspecified atom stereocenters. The van der Waals surface area contributed by atoms with E-state index in [9.17, 15) is 0 Å². The Hall–Kier alpha value is -2.35. The van der Waals surface area contributed by atoms with Crippen LogP contribution in [0.1, 0.15) is 31.9 Å². The summed E-state index contributed by atoms with van der Waals surface area (Å²) in [6, 6.07) is 10.3. The van der Waals surface area contributed by atoms with Gasteiger partial charge in [-0.3, -0.25) is 4.98 Å². The molecule has 1 aliphatic rings. The lowest BCUT2D eigenvalue weighted by Crippen LogP contribution is -2.35. The van der Waals surface area contributed by atoms with Crippen LogP contribution in [0.25, 0.3) is 21.9 Å². The number of nitrogens with two attached hydrogens (primary N) is 1. The van der Waals surface area contributed by atoms with Crippen LogP contribution in [0.5, 0.6) is 0 Å². The first-order valence-corrected chi connectivity index (χ1v) is 12.4. The third-order valence-corrected chi connectivity index (χ3v) is 7.48. The first-order chi connectivity index (χ1) is 15.7. The number of anilines is 1. The molecular formula is C24H27ClN6S. The number of H-pyrrole nitrogens is 1. The molecule has 3 N–H and O–H groups in total. The van der Waals surface area contributed by atoms with Crippen molar-refractivity contribution >= 4 is 51.1 Å². The molecule has 0 saturated carbocycles. The van der Waals surface area contributed by atoms with Crippen molar-refractivity contribution in [2.75, 3.05) is 24.5 Å². The van der Waals surface area contributed by atoms with Crippen molar-refractivity contribution in [2.24, 2.45) is 11.7 Å². The first-order valence-electron chi connectivity index (χ1n) is 11.2. The predicted octanol–water partition coefficient (Wildman–Crippen LogP) is 5.44. The Morgan fingerprint density at radius 2 is 2.03 bits per heavy atom. The van der Waals surface area contributed by atoms with E-state index in [1.54, 1.807) is 0 Å². The fraction of sp³-hybridized carbons (Fsp3) is 0.375. The second-order valence-corrected chi connectivity index (χ2v) is 9.72. The molecule has 8 heteroatoms. The number of hydrogen-bond donors (Lipinski definition) is 2.